The van der Waals surface area contributed by atoms with Gasteiger partial charge in [0.25, 0.3) is 0 Å². The van der Waals surface area contributed by atoms with Crippen LogP contribution in [-0.4, -0.2) is 18.1 Å². The maximum atomic E-state index is 12.0. The van der Waals surface area contributed by atoms with Gasteiger partial charge in [0.1, 0.15) is 5.75 Å². The first-order chi connectivity index (χ1) is 9.95. The largest absolute Gasteiger partial charge is 0.489 e. The molecule has 0 bridgehead atoms. The molecule has 0 radical (unpaired) electrons. The molecule has 0 spiro atoms. The number of nitrogens with two attached hydrogens (primary N) is 1. The summed E-state index contributed by atoms with van der Waals surface area (Å²) in [7, 11) is 0. The number of ether oxygens (including phenoxy) is 1. The van der Waals surface area contributed by atoms with Crippen LogP contribution in [0.25, 0.3) is 0 Å². The van der Waals surface area contributed by atoms with Crippen molar-refractivity contribution in [3.05, 3.63) is 23.2 Å². The standard InChI is InChI=1S/C16H23ClN2O2/c1-10(2)21-15-7-6-12(9-13(15)17)19-16(20)8-11-4-3-5-14(11)18/h6-7,9-11,14H,3-5,8,18H2,1-2H3,(H,19,20)/t11-,14+/m0/s1. The third kappa shape index (κ3) is 4.61. The van der Waals surface area contributed by atoms with Crippen LogP contribution in [0.3, 0.4) is 0 Å². The molecule has 1 saturated carbocycles. The van der Waals surface area contributed by atoms with Crippen molar-refractivity contribution in [2.24, 2.45) is 11.7 Å². The van der Waals surface area contributed by atoms with Gasteiger partial charge in [0, 0.05) is 18.2 Å². The summed E-state index contributed by atoms with van der Waals surface area (Å²) in [5, 5.41) is 3.38. The molecule has 2 atom stereocenters. The highest BCUT2D eigenvalue weighted by molar-refractivity contribution is 6.32. The summed E-state index contributed by atoms with van der Waals surface area (Å²) in [5.41, 5.74) is 6.68. The fraction of sp³-hybridized carbons (Fsp3) is 0.562. The van der Waals surface area contributed by atoms with Gasteiger partial charge in [0.15, 0.2) is 0 Å². The van der Waals surface area contributed by atoms with Crippen molar-refractivity contribution in [1.82, 2.24) is 0 Å². The summed E-state index contributed by atoms with van der Waals surface area (Å²) < 4.78 is 5.57. The number of amides is 1. The predicted molar refractivity (Wildman–Crippen MR) is 85.8 cm³/mol. The van der Waals surface area contributed by atoms with Gasteiger partial charge in [-0.3, -0.25) is 4.79 Å². The molecular formula is C16H23ClN2O2. The van der Waals surface area contributed by atoms with Gasteiger partial charge >= 0.3 is 0 Å². The second kappa shape index (κ2) is 7.14. The molecule has 0 saturated heterocycles. The highest BCUT2D eigenvalue weighted by Crippen LogP contribution is 2.30. The molecule has 1 aliphatic rings. The fourth-order valence-electron chi connectivity index (χ4n) is 2.70. The third-order valence-corrected chi connectivity index (χ3v) is 4.04. The van der Waals surface area contributed by atoms with Crippen LogP contribution in [-0.2, 0) is 4.79 Å². The van der Waals surface area contributed by atoms with Gasteiger partial charge in [-0.05, 0) is 50.8 Å². The SMILES string of the molecule is CC(C)Oc1ccc(NC(=O)C[C@@H]2CCC[C@H]2N)cc1Cl. The number of hydrogen-bond acceptors (Lipinski definition) is 3. The van der Waals surface area contributed by atoms with Gasteiger partial charge in [-0.1, -0.05) is 18.0 Å². The van der Waals surface area contributed by atoms with E-state index in [1.165, 1.54) is 0 Å². The number of benzene rings is 1. The number of anilines is 1. The van der Waals surface area contributed by atoms with Gasteiger partial charge in [-0.15, -0.1) is 0 Å². The smallest absolute Gasteiger partial charge is 0.224 e. The zero-order chi connectivity index (χ0) is 15.4. The maximum absolute atomic E-state index is 12.0. The van der Waals surface area contributed by atoms with Crippen molar-refractivity contribution < 1.29 is 9.53 Å². The third-order valence-electron chi connectivity index (χ3n) is 3.74. The molecule has 2 rings (SSSR count). The Balaban J connectivity index is 1.93. The van der Waals surface area contributed by atoms with Crippen LogP contribution in [0.5, 0.6) is 5.75 Å². The van der Waals surface area contributed by atoms with Gasteiger partial charge < -0.3 is 15.8 Å². The van der Waals surface area contributed by atoms with Crippen molar-refractivity contribution in [2.45, 2.75) is 51.7 Å². The van der Waals surface area contributed by atoms with E-state index in [9.17, 15) is 4.79 Å². The zero-order valence-corrected chi connectivity index (χ0v) is 13.3. The highest BCUT2D eigenvalue weighted by Gasteiger charge is 2.26. The van der Waals surface area contributed by atoms with Gasteiger partial charge in [0.2, 0.25) is 5.91 Å². The quantitative estimate of drug-likeness (QED) is 0.873. The fourth-order valence-corrected chi connectivity index (χ4v) is 2.92. The van der Waals surface area contributed by atoms with Crippen molar-refractivity contribution in [3.8, 4) is 5.75 Å². The molecule has 5 heteroatoms. The second-order valence-electron chi connectivity index (χ2n) is 5.92. The molecule has 4 nitrogen and oxygen atoms in total. The van der Waals surface area contributed by atoms with Crippen LogP contribution in [0.2, 0.25) is 5.02 Å². The van der Waals surface area contributed by atoms with E-state index in [2.05, 4.69) is 5.32 Å². The maximum Gasteiger partial charge on any atom is 0.224 e. The first-order valence-electron chi connectivity index (χ1n) is 7.47. The zero-order valence-electron chi connectivity index (χ0n) is 12.6. The monoisotopic (exact) mass is 310 g/mol. The van der Waals surface area contributed by atoms with E-state index in [1.807, 2.05) is 13.8 Å². The first kappa shape index (κ1) is 16.1. The molecule has 1 fully saturated rings. The minimum atomic E-state index is -0.00838. The average Bonchev–Trinajstić information content (AvgIpc) is 2.78. The van der Waals surface area contributed by atoms with E-state index in [4.69, 9.17) is 22.1 Å². The Morgan fingerprint density at radius 3 is 2.81 bits per heavy atom. The second-order valence-corrected chi connectivity index (χ2v) is 6.33. The average molecular weight is 311 g/mol. The molecule has 116 valence electrons. The van der Waals surface area contributed by atoms with E-state index < -0.39 is 0 Å². The molecule has 1 amide bonds. The normalized spacial score (nSPS) is 21.6. The van der Waals surface area contributed by atoms with Crippen LogP contribution in [0.1, 0.15) is 39.5 Å². The van der Waals surface area contributed by atoms with Crippen LogP contribution in [0.15, 0.2) is 18.2 Å². The predicted octanol–water partition coefficient (Wildman–Crippen LogP) is 3.58. The number of rotatable bonds is 5. The summed E-state index contributed by atoms with van der Waals surface area (Å²) in [6.07, 6.45) is 3.71. The first-order valence-corrected chi connectivity index (χ1v) is 7.85. The van der Waals surface area contributed by atoms with E-state index in [0.717, 1.165) is 19.3 Å². The Labute approximate surface area is 131 Å². The lowest BCUT2D eigenvalue weighted by Crippen LogP contribution is -2.28. The van der Waals surface area contributed by atoms with E-state index >= 15 is 0 Å². The Morgan fingerprint density at radius 2 is 2.24 bits per heavy atom. The topological polar surface area (TPSA) is 64.3 Å². The summed E-state index contributed by atoms with van der Waals surface area (Å²) in [5.74, 6) is 0.914. The minimum absolute atomic E-state index is 0.00838. The van der Waals surface area contributed by atoms with E-state index in [-0.39, 0.29) is 18.1 Å². The minimum Gasteiger partial charge on any atom is -0.489 e. The summed E-state index contributed by atoms with van der Waals surface area (Å²) >= 11 is 6.15. The lowest BCUT2D eigenvalue weighted by Gasteiger charge is -2.15. The molecule has 1 aromatic carbocycles. The van der Waals surface area contributed by atoms with Crippen LogP contribution in [0, 0.1) is 5.92 Å². The van der Waals surface area contributed by atoms with Gasteiger partial charge in [0.05, 0.1) is 11.1 Å². The van der Waals surface area contributed by atoms with E-state index in [1.54, 1.807) is 18.2 Å². The molecule has 1 aromatic rings. The Hall–Kier alpha value is -1.26. The lowest BCUT2D eigenvalue weighted by atomic mass is 10.00. The van der Waals surface area contributed by atoms with Gasteiger partial charge in [-0.25, -0.2) is 0 Å². The lowest BCUT2D eigenvalue weighted by molar-refractivity contribution is -0.117. The van der Waals surface area contributed by atoms with Crippen molar-refractivity contribution >= 4 is 23.2 Å². The van der Waals surface area contributed by atoms with Gasteiger partial charge in [-0.2, -0.15) is 0 Å². The van der Waals surface area contributed by atoms with E-state index in [0.29, 0.717) is 28.8 Å². The van der Waals surface area contributed by atoms with Crippen molar-refractivity contribution in [2.75, 3.05) is 5.32 Å². The highest BCUT2D eigenvalue weighted by atomic mass is 35.5. The number of carbonyl (C=O) groups excluding carboxylic acids is 1. The number of carbonyl (C=O) groups is 1. The Kier molecular flexibility index (Phi) is 5.48. The molecule has 0 aromatic heterocycles. The number of nitrogens with one attached hydrogen (secondary N) is 1. The molecule has 21 heavy (non-hydrogen) atoms. The molecule has 0 aliphatic heterocycles. The summed E-state index contributed by atoms with van der Waals surface area (Å²) in [6.45, 7) is 3.88. The molecule has 1 aliphatic carbocycles. The number of hydrogen-bond donors (Lipinski definition) is 2. The van der Waals surface area contributed by atoms with Crippen LogP contribution >= 0.6 is 11.6 Å². The molecule has 0 heterocycles. The summed E-state index contributed by atoms with van der Waals surface area (Å²) in [6, 6.07) is 5.45. The van der Waals surface area contributed by atoms with Crippen LogP contribution < -0.4 is 15.8 Å². The number of halogens is 1. The molecule has 0 unspecified atom stereocenters. The van der Waals surface area contributed by atoms with Crippen molar-refractivity contribution in [1.29, 1.82) is 0 Å². The van der Waals surface area contributed by atoms with Crippen molar-refractivity contribution in [3.63, 3.8) is 0 Å². The summed E-state index contributed by atoms with van der Waals surface area (Å²) in [4.78, 5) is 12.0. The Morgan fingerprint density at radius 1 is 1.48 bits per heavy atom. The van der Waals surface area contributed by atoms with Crippen LogP contribution in [0.4, 0.5) is 5.69 Å². The molecule has 3 N–H and O–H groups in total. The Bertz CT molecular complexity index is 505. The molecular weight excluding hydrogens is 288 g/mol.